The summed E-state index contributed by atoms with van der Waals surface area (Å²) in [5.74, 6) is -0.346. The molecule has 1 aliphatic rings. The van der Waals surface area contributed by atoms with Crippen LogP contribution in [0.5, 0.6) is 11.5 Å². The molecule has 176 valence electrons. The highest BCUT2D eigenvalue weighted by Gasteiger charge is 2.19. The first-order valence-corrected chi connectivity index (χ1v) is 10.6. The molecule has 0 unspecified atom stereocenters. The number of ether oxygens (including phenoxy) is 3. The number of halogens is 1. The summed E-state index contributed by atoms with van der Waals surface area (Å²) < 4.78 is 17.4. The van der Waals surface area contributed by atoms with Gasteiger partial charge in [0, 0.05) is 17.4 Å². The molecule has 0 radical (unpaired) electrons. The number of nitrogens with one attached hydrogen (secondary N) is 2. The number of carbonyl (C=O) groups excluding carboxylic acids is 3. The van der Waals surface area contributed by atoms with E-state index in [9.17, 15) is 14.4 Å². The third kappa shape index (κ3) is 5.26. The number of pyridine rings is 1. The highest BCUT2D eigenvalue weighted by Crippen LogP contribution is 2.32. The number of anilines is 1. The second-order valence-corrected chi connectivity index (χ2v) is 7.68. The van der Waals surface area contributed by atoms with Crippen LogP contribution in [0.4, 0.5) is 10.5 Å². The average Bonchev–Trinajstić information content (AvgIpc) is 3.15. The first kappa shape index (κ1) is 23.1. The third-order valence-corrected chi connectivity index (χ3v) is 4.94. The van der Waals surface area contributed by atoms with Gasteiger partial charge in [-0.05, 0) is 44.2 Å². The maximum atomic E-state index is 12.5. The monoisotopic (exact) mass is 485 g/mol. The molecule has 0 bridgehead atoms. The molecule has 0 spiro atoms. The van der Waals surface area contributed by atoms with Crippen LogP contribution in [-0.2, 0) is 9.53 Å². The number of carbonyl (C=O) groups is 3. The molecule has 0 fully saturated rings. The number of nitrogens with zero attached hydrogens (tertiary/aromatic N) is 3. The Balaban J connectivity index is 1.33. The van der Waals surface area contributed by atoms with Crippen LogP contribution in [0.25, 0.3) is 5.82 Å². The molecule has 4 rings (SSSR count). The third-order valence-electron chi connectivity index (χ3n) is 4.64. The number of rotatable bonds is 5. The normalized spacial score (nSPS) is 12.1. The first-order valence-electron chi connectivity index (χ1n) is 10.2. The maximum Gasteiger partial charge on any atom is 0.359 e. The van der Waals surface area contributed by atoms with Crippen LogP contribution in [0.2, 0.25) is 5.02 Å². The number of benzene rings is 1. The van der Waals surface area contributed by atoms with Gasteiger partial charge < -0.3 is 19.5 Å². The standard InChI is InChI=1S/C22H20ClN5O6/c1-12-9-13(2)28(27-12)18-6-4-15(23)20(25-18)21(30)34-11-19(29)26-22(31)24-14-3-5-16-17(10-14)33-8-7-32-16/h3-6,9-10H,7-8,11H2,1-2H3,(H2,24,26,29,31). The number of urea groups is 1. The van der Waals surface area contributed by atoms with E-state index >= 15 is 0 Å². The van der Waals surface area contributed by atoms with Crippen molar-refractivity contribution in [2.45, 2.75) is 13.8 Å². The summed E-state index contributed by atoms with van der Waals surface area (Å²) in [4.78, 5) is 40.8. The first-order chi connectivity index (χ1) is 16.3. The van der Waals surface area contributed by atoms with Gasteiger partial charge in [0.25, 0.3) is 5.91 Å². The van der Waals surface area contributed by atoms with Crippen LogP contribution in [0, 0.1) is 13.8 Å². The number of esters is 1. The number of imide groups is 1. The molecule has 2 N–H and O–H groups in total. The number of aryl methyl sites for hydroxylation is 2. The molecular weight excluding hydrogens is 466 g/mol. The Morgan fingerprint density at radius 3 is 2.59 bits per heavy atom. The molecule has 3 aromatic rings. The molecule has 2 aromatic heterocycles. The second kappa shape index (κ2) is 9.79. The van der Waals surface area contributed by atoms with E-state index in [1.165, 1.54) is 6.07 Å². The molecule has 3 amide bonds. The second-order valence-electron chi connectivity index (χ2n) is 7.28. The molecule has 3 heterocycles. The van der Waals surface area contributed by atoms with Crippen LogP contribution in [0.1, 0.15) is 21.9 Å². The summed E-state index contributed by atoms with van der Waals surface area (Å²) >= 11 is 6.09. The fourth-order valence-electron chi connectivity index (χ4n) is 3.20. The van der Waals surface area contributed by atoms with Crippen molar-refractivity contribution in [2.75, 3.05) is 25.1 Å². The van der Waals surface area contributed by atoms with Crippen LogP contribution in [-0.4, -0.2) is 52.5 Å². The average molecular weight is 486 g/mol. The lowest BCUT2D eigenvalue weighted by Crippen LogP contribution is -2.37. The molecule has 11 nitrogen and oxygen atoms in total. The van der Waals surface area contributed by atoms with E-state index in [1.54, 1.807) is 28.9 Å². The lowest BCUT2D eigenvalue weighted by molar-refractivity contribution is -0.123. The van der Waals surface area contributed by atoms with Crippen molar-refractivity contribution >= 4 is 35.2 Å². The fourth-order valence-corrected chi connectivity index (χ4v) is 3.38. The zero-order valence-electron chi connectivity index (χ0n) is 18.3. The number of amides is 3. The molecule has 0 atom stereocenters. The Hall–Kier alpha value is -4.12. The van der Waals surface area contributed by atoms with E-state index in [1.807, 2.05) is 19.9 Å². The fraction of sp³-hybridized carbons (Fsp3) is 0.227. The minimum absolute atomic E-state index is 0.0482. The van der Waals surface area contributed by atoms with Gasteiger partial charge in [0.2, 0.25) is 0 Å². The predicted molar refractivity (Wildman–Crippen MR) is 121 cm³/mol. The Labute approximate surface area is 199 Å². The van der Waals surface area contributed by atoms with Gasteiger partial charge in [0.05, 0.1) is 10.7 Å². The van der Waals surface area contributed by atoms with Crippen LogP contribution >= 0.6 is 11.6 Å². The van der Waals surface area contributed by atoms with Crippen LogP contribution in [0.3, 0.4) is 0 Å². The van der Waals surface area contributed by atoms with E-state index in [2.05, 4.69) is 20.7 Å². The molecule has 12 heteroatoms. The van der Waals surface area contributed by atoms with Crippen molar-refractivity contribution in [3.8, 4) is 17.3 Å². The van der Waals surface area contributed by atoms with E-state index in [0.717, 1.165) is 11.4 Å². The summed E-state index contributed by atoms with van der Waals surface area (Å²) in [6.07, 6.45) is 0. The largest absolute Gasteiger partial charge is 0.486 e. The predicted octanol–water partition coefficient (Wildman–Crippen LogP) is 2.81. The van der Waals surface area contributed by atoms with Gasteiger partial charge in [0.15, 0.2) is 29.6 Å². The van der Waals surface area contributed by atoms with Gasteiger partial charge in [-0.15, -0.1) is 0 Å². The Kier molecular flexibility index (Phi) is 6.64. The quantitative estimate of drug-likeness (QED) is 0.527. The number of fused-ring (bicyclic) bond motifs is 1. The van der Waals surface area contributed by atoms with Crippen LogP contribution in [0.15, 0.2) is 36.4 Å². The highest BCUT2D eigenvalue weighted by atomic mass is 35.5. The lowest BCUT2D eigenvalue weighted by atomic mass is 10.2. The SMILES string of the molecule is Cc1cc(C)n(-c2ccc(Cl)c(C(=O)OCC(=O)NC(=O)Nc3ccc4c(c3)OCCO4)n2)n1. The van der Waals surface area contributed by atoms with E-state index in [4.69, 9.17) is 25.8 Å². The Morgan fingerprint density at radius 2 is 1.85 bits per heavy atom. The van der Waals surface area contributed by atoms with Gasteiger partial charge in [-0.3, -0.25) is 10.1 Å². The molecule has 1 aromatic carbocycles. The van der Waals surface area contributed by atoms with Crippen molar-refractivity contribution in [1.82, 2.24) is 20.1 Å². The minimum atomic E-state index is -0.921. The van der Waals surface area contributed by atoms with E-state index < -0.39 is 24.5 Å². The van der Waals surface area contributed by atoms with Crippen molar-refractivity contribution in [3.05, 3.63) is 58.5 Å². The van der Waals surface area contributed by atoms with Crippen molar-refractivity contribution in [3.63, 3.8) is 0 Å². The summed E-state index contributed by atoms with van der Waals surface area (Å²) in [6, 6.07) is 8.95. The van der Waals surface area contributed by atoms with Gasteiger partial charge in [-0.1, -0.05) is 11.6 Å². The molecule has 0 saturated heterocycles. The Bertz CT molecular complexity index is 1270. The maximum absolute atomic E-state index is 12.5. The summed E-state index contributed by atoms with van der Waals surface area (Å²) in [5, 5.41) is 8.93. The molecule has 0 aliphatic carbocycles. The number of aromatic nitrogens is 3. The smallest absolute Gasteiger partial charge is 0.359 e. The summed E-state index contributed by atoms with van der Waals surface area (Å²) in [5.41, 5.74) is 1.81. The van der Waals surface area contributed by atoms with Crippen molar-refractivity contribution in [2.24, 2.45) is 0 Å². The molecule has 34 heavy (non-hydrogen) atoms. The summed E-state index contributed by atoms with van der Waals surface area (Å²) in [6.45, 7) is 3.80. The molecule has 0 saturated carbocycles. The number of hydrogen-bond donors (Lipinski definition) is 2. The topological polar surface area (TPSA) is 134 Å². The highest BCUT2D eigenvalue weighted by molar-refractivity contribution is 6.33. The minimum Gasteiger partial charge on any atom is -0.486 e. The zero-order chi connectivity index (χ0) is 24.2. The van der Waals surface area contributed by atoms with Gasteiger partial charge >= 0.3 is 12.0 Å². The van der Waals surface area contributed by atoms with Crippen LogP contribution < -0.4 is 20.1 Å². The number of hydrogen-bond acceptors (Lipinski definition) is 8. The van der Waals surface area contributed by atoms with Crippen molar-refractivity contribution < 1.29 is 28.6 Å². The summed E-state index contributed by atoms with van der Waals surface area (Å²) in [7, 11) is 0. The Morgan fingerprint density at radius 1 is 1.09 bits per heavy atom. The van der Waals surface area contributed by atoms with E-state index in [0.29, 0.717) is 36.2 Å². The molecular formula is C22H20ClN5O6. The zero-order valence-corrected chi connectivity index (χ0v) is 19.0. The van der Waals surface area contributed by atoms with Gasteiger partial charge in [-0.25, -0.2) is 19.3 Å². The van der Waals surface area contributed by atoms with Gasteiger partial charge in [-0.2, -0.15) is 5.10 Å². The lowest BCUT2D eigenvalue weighted by Gasteiger charge is -2.19. The molecule has 1 aliphatic heterocycles. The van der Waals surface area contributed by atoms with E-state index in [-0.39, 0.29) is 10.7 Å². The van der Waals surface area contributed by atoms with Gasteiger partial charge in [0.1, 0.15) is 13.2 Å². The van der Waals surface area contributed by atoms with Crippen molar-refractivity contribution in [1.29, 1.82) is 0 Å².